The lowest BCUT2D eigenvalue weighted by molar-refractivity contribution is 0.102. The van der Waals surface area contributed by atoms with Crippen molar-refractivity contribution in [2.24, 2.45) is 0 Å². The van der Waals surface area contributed by atoms with Gasteiger partial charge in [0.1, 0.15) is 18.1 Å². The highest BCUT2D eigenvalue weighted by Crippen LogP contribution is 2.35. The number of anilines is 1. The molecular formula is C24H16BrClN4O4. The summed E-state index contributed by atoms with van der Waals surface area (Å²) in [5, 5.41) is 7.73. The molecule has 0 aliphatic heterocycles. The van der Waals surface area contributed by atoms with Crippen LogP contribution < -0.4 is 15.8 Å². The van der Waals surface area contributed by atoms with Gasteiger partial charge in [-0.05, 0) is 45.8 Å². The number of carbonyl (C=O) groups is 1. The van der Waals surface area contributed by atoms with Crippen molar-refractivity contribution >= 4 is 50.0 Å². The number of hydrogen-bond acceptors (Lipinski definition) is 5. The zero-order valence-electron chi connectivity index (χ0n) is 17.4. The maximum Gasteiger partial charge on any atom is 0.439 e. The Morgan fingerprint density at radius 1 is 1.09 bits per heavy atom. The van der Waals surface area contributed by atoms with Gasteiger partial charge in [0, 0.05) is 16.0 Å². The Hall–Kier alpha value is -3.82. The summed E-state index contributed by atoms with van der Waals surface area (Å²) in [6.45, 7) is 0.391. The molecule has 2 heterocycles. The smallest absolute Gasteiger partial charge is 0.439 e. The van der Waals surface area contributed by atoms with E-state index in [9.17, 15) is 9.59 Å². The third-order valence-corrected chi connectivity index (χ3v) is 6.18. The van der Waals surface area contributed by atoms with Gasteiger partial charge in [-0.3, -0.25) is 14.3 Å². The van der Waals surface area contributed by atoms with E-state index in [1.807, 2.05) is 48.5 Å². The van der Waals surface area contributed by atoms with Crippen LogP contribution in [0.1, 0.15) is 16.1 Å². The predicted molar refractivity (Wildman–Crippen MR) is 132 cm³/mol. The van der Waals surface area contributed by atoms with Crippen LogP contribution in [0, 0.1) is 0 Å². The number of rotatable bonds is 6. The molecule has 0 saturated carbocycles. The molecule has 3 aromatic carbocycles. The lowest BCUT2D eigenvalue weighted by atomic mass is 10.1. The zero-order valence-corrected chi connectivity index (χ0v) is 19.7. The number of nitrogens with one attached hydrogen (secondary N) is 3. The van der Waals surface area contributed by atoms with E-state index >= 15 is 0 Å². The highest BCUT2D eigenvalue weighted by molar-refractivity contribution is 9.10. The average Bonchev–Trinajstić information content (AvgIpc) is 3.43. The molecule has 0 bridgehead atoms. The quantitative estimate of drug-likeness (QED) is 0.254. The van der Waals surface area contributed by atoms with Gasteiger partial charge < -0.3 is 15.0 Å². The topological polar surface area (TPSA) is 113 Å². The van der Waals surface area contributed by atoms with Crippen LogP contribution in [0.4, 0.5) is 5.69 Å². The first-order chi connectivity index (χ1) is 16.5. The number of para-hydroxylation sites is 1. The molecule has 2 aromatic heterocycles. The summed E-state index contributed by atoms with van der Waals surface area (Å²) in [6, 6.07) is 20.2. The number of H-pyrrole nitrogens is 2. The molecule has 1 amide bonds. The first kappa shape index (κ1) is 22.0. The molecule has 170 valence electrons. The monoisotopic (exact) mass is 538 g/mol. The van der Waals surface area contributed by atoms with E-state index in [2.05, 4.69) is 40.9 Å². The van der Waals surface area contributed by atoms with Crippen molar-refractivity contribution in [3.05, 3.63) is 98.0 Å². The maximum absolute atomic E-state index is 13.2. The van der Waals surface area contributed by atoms with E-state index < -0.39 is 11.7 Å². The lowest BCUT2D eigenvalue weighted by Crippen LogP contribution is -2.14. The number of aromatic nitrogens is 3. The number of hydrogen-bond donors (Lipinski definition) is 3. The number of ether oxygens (including phenoxy) is 1. The average molecular weight is 540 g/mol. The van der Waals surface area contributed by atoms with Crippen molar-refractivity contribution < 1.29 is 14.1 Å². The number of halogens is 2. The summed E-state index contributed by atoms with van der Waals surface area (Å²) in [5.41, 5.74) is 2.83. The zero-order chi connectivity index (χ0) is 23.7. The number of nitrogens with zero attached hydrogens (tertiary/aromatic N) is 1. The summed E-state index contributed by atoms with van der Waals surface area (Å²) in [6.07, 6.45) is 0. The second-order valence-corrected chi connectivity index (χ2v) is 8.58. The van der Waals surface area contributed by atoms with Crippen molar-refractivity contribution in [3.63, 3.8) is 0 Å². The van der Waals surface area contributed by atoms with Crippen LogP contribution in [0.2, 0.25) is 5.02 Å². The van der Waals surface area contributed by atoms with Crippen molar-refractivity contribution in [2.75, 3.05) is 5.32 Å². The van der Waals surface area contributed by atoms with E-state index in [4.69, 9.17) is 16.3 Å². The molecule has 0 atom stereocenters. The van der Waals surface area contributed by atoms with Gasteiger partial charge in [-0.1, -0.05) is 59.2 Å². The summed E-state index contributed by atoms with van der Waals surface area (Å²) < 4.78 is 11.2. The molecule has 0 aliphatic carbocycles. The molecule has 0 unspecified atom stereocenters. The van der Waals surface area contributed by atoms with Gasteiger partial charge in [-0.2, -0.15) is 0 Å². The van der Waals surface area contributed by atoms with Crippen LogP contribution in [-0.2, 0) is 6.61 Å². The first-order valence-corrected chi connectivity index (χ1v) is 11.3. The predicted octanol–water partition coefficient (Wildman–Crippen LogP) is 5.76. The fourth-order valence-corrected chi connectivity index (χ4v) is 4.30. The van der Waals surface area contributed by atoms with Crippen molar-refractivity contribution in [1.82, 2.24) is 15.1 Å². The molecule has 5 rings (SSSR count). The third-order valence-electron chi connectivity index (χ3n) is 5.12. The van der Waals surface area contributed by atoms with Crippen molar-refractivity contribution in [2.45, 2.75) is 6.61 Å². The van der Waals surface area contributed by atoms with Crippen LogP contribution in [0.25, 0.3) is 22.3 Å². The number of carbonyl (C=O) groups excluding carboxylic acids is 1. The number of benzene rings is 3. The normalized spacial score (nSPS) is 11.0. The van der Waals surface area contributed by atoms with Gasteiger partial charge in [-0.25, -0.2) is 4.79 Å². The van der Waals surface area contributed by atoms with E-state index in [0.717, 1.165) is 10.9 Å². The summed E-state index contributed by atoms with van der Waals surface area (Å²) in [5.74, 6) is -0.358. The van der Waals surface area contributed by atoms with Crippen LogP contribution in [0.5, 0.6) is 5.75 Å². The Morgan fingerprint density at radius 2 is 1.91 bits per heavy atom. The molecular weight excluding hydrogens is 524 g/mol. The molecule has 10 heteroatoms. The molecule has 0 radical (unpaired) electrons. The summed E-state index contributed by atoms with van der Waals surface area (Å²) >= 11 is 9.64. The fourth-order valence-electron chi connectivity index (χ4n) is 3.52. The third kappa shape index (κ3) is 4.35. The van der Waals surface area contributed by atoms with E-state index in [1.165, 1.54) is 0 Å². The molecule has 34 heavy (non-hydrogen) atoms. The van der Waals surface area contributed by atoms with Crippen molar-refractivity contribution in [3.8, 4) is 17.1 Å². The Kier molecular flexibility index (Phi) is 5.95. The molecule has 3 N–H and O–H groups in total. The molecule has 0 spiro atoms. The van der Waals surface area contributed by atoms with Gasteiger partial charge in [0.15, 0.2) is 5.82 Å². The molecule has 5 aromatic rings. The minimum Gasteiger partial charge on any atom is -0.487 e. The maximum atomic E-state index is 13.2. The van der Waals surface area contributed by atoms with E-state index in [-0.39, 0.29) is 5.82 Å². The first-order valence-electron chi connectivity index (χ1n) is 10.1. The summed E-state index contributed by atoms with van der Waals surface area (Å²) in [7, 11) is 0. The minimum atomic E-state index is -0.714. The largest absolute Gasteiger partial charge is 0.487 e. The minimum absolute atomic E-state index is 0.148. The Balaban J connectivity index is 1.45. The van der Waals surface area contributed by atoms with Gasteiger partial charge in [0.05, 0.1) is 15.7 Å². The standard InChI is InChI=1S/C24H16BrClN4O4/c25-19-15-7-4-8-18(33-12-13-5-2-1-3-6-13)20(15)28-21(19)23(31)27-17-10-9-14(26)11-16(17)22-29-24(32)34-30-22/h1-11,28H,12H2,(H,27,31)(H,29,30,32). The second-order valence-electron chi connectivity index (χ2n) is 7.35. The van der Waals surface area contributed by atoms with Crippen molar-refractivity contribution in [1.29, 1.82) is 0 Å². The highest BCUT2D eigenvalue weighted by Gasteiger charge is 2.20. The number of fused-ring (bicyclic) bond motifs is 1. The van der Waals surface area contributed by atoms with E-state index in [1.54, 1.807) is 18.2 Å². The van der Waals surface area contributed by atoms with Gasteiger partial charge in [0.2, 0.25) is 0 Å². The molecule has 0 fully saturated rings. The van der Waals surface area contributed by atoms with Crippen LogP contribution in [-0.4, -0.2) is 21.0 Å². The number of aromatic amines is 2. The Bertz CT molecular complexity index is 1560. The van der Waals surface area contributed by atoms with Gasteiger partial charge in [-0.15, -0.1) is 0 Å². The Morgan fingerprint density at radius 3 is 2.68 bits per heavy atom. The van der Waals surface area contributed by atoms with Crippen LogP contribution in [0.3, 0.4) is 0 Å². The van der Waals surface area contributed by atoms with Crippen LogP contribution in [0.15, 0.2) is 80.5 Å². The van der Waals surface area contributed by atoms with Gasteiger partial charge >= 0.3 is 5.76 Å². The van der Waals surface area contributed by atoms with E-state index in [0.29, 0.717) is 44.3 Å². The van der Waals surface area contributed by atoms with Crippen LogP contribution >= 0.6 is 27.5 Å². The molecule has 0 saturated heterocycles. The Labute approximate surface area is 206 Å². The molecule has 8 nitrogen and oxygen atoms in total. The van der Waals surface area contributed by atoms with Gasteiger partial charge in [0.25, 0.3) is 5.91 Å². The molecule has 0 aliphatic rings. The SMILES string of the molecule is O=C(Nc1ccc(Cl)cc1-c1noc(=O)[nH]1)c1[nH]c2c(OCc3ccccc3)cccc2c1Br. The second kappa shape index (κ2) is 9.20. The number of amides is 1. The summed E-state index contributed by atoms with van der Waals surface area (Å²) in [4.78, 5) is 30.2. The lowest BCUT2D eigenvalue weighted by Gasteiger charge is -2.09. The highest BCUT2D eigenvalue weighted by atomic mass is 79.9. The fraction of sp³-hybridized carbons (Fsp3) is 0.0417.